The van der Waals surface area contributed by atoms with E-state index in [-0.39, 0.29) is 5.24 Å². The van der Waals surface area contributed by atoms with Crippen LogP contribution in [-0.2, 0) is 11.2 Å². The molecule has 0 unspecified atom stereocenters. The summed E-state index contributed by atoms with van der Waals surface area (Å²) in [4.78, 5) is 25.2. The highest BCUT2D eigenvalue weighted by Gasteiger charge is 2.21. The van der Waals surface area contributed by atoms with Crippen LogP contribution in [0.1, 0.15) is 11.1 Å². The second kappa shape index (κ2) is 6.46. The molecule has 1 aromatic rings. The van der Waals surface area contributed by atoms with Crippen LogP contribution >= 0.6 is 23.4 Å². The first-order valence-electron chi connectivity index (χ1n) is 6.20. The summed E-state index contributed by atoms with van der Waals surface area (Å²) in [5.41, 5.74) is 2.36. The van der Waals surface area contributed by atoms with E-state index in [0.717, 1.165) is 40.7 Å². The molecule has 4 nitrogen and oxygen atoms in total. The number of hydrogen-bond acceptors (Lipinski definition) is 4. The monoisotopic (exact) mass is 310 g/mol. The van der Waals surface area contributed by atoms with E-state index in [1.807, 2.05) is 12.0 Å². The van der Waals surface area contributed by atoms with Crippen molar-refractivity contribution in [1.29, 1.82) is 0 Å². The van der Waals surface area contributed by atoms with Crippen LogP contribution in [0.5, 0.6) is 0 Å². The van der Waals surface area contributed by atoms with Gasteiger partial charge >= 0.3 is 0 Å². The van der Waals surface area contributed by atoms with Crippen LogP contribution in [0.25, 0.3) is 5.57 Å². The Balaban J connectivity index is 2.52. The largest absolute Gasteiger partial charge is 0.339 e. The number of carbonyl (C=O) groups is 1. The standard InChI is InChI=1S/C14H15ClN2O2S/c1-17(2)14(19)20-13-11-5-6-16-7-9(8-18)10(11)3-4-12(13)15/h3-4,16H,5-7H2,1-2H3. The molecule has 1 aliphatic heterocycles. The third kappa shape index (κ3) is 3.07. The minimum atomic E-state index is -0.0888. The van der Waals surface area contributed by atoms with Gasteiger partial charge in [0, 0.05) is 25.5 Å². The second-order valence-electron chi connectivity index (χ2n) is 4.67. The first-order valence-corrected chi connectivity index (χ1v) is 7.39. The van der Waals surface area contributed by atoms with Crippen LogP contribution in [0.3, 0.4) is 0 Å². The van der Waals surface area contributed by atoms with Gasteiger partial charge in [-0.2, -0.15) is 0 Å². The van der Waals surface area contributed by atoms with E-state index in [4.69, 9.17) is 11.6 Å². The van der Waals surface area contributed by atoms with E-state index < -0.39 is 0 Å². The predicted molar refractivity (Wildman–Crippen MR) is 82.1 cm³/mol. The van der Waals surface area contributed by atoms with Crippen molar-refractivity contribution in [3.63, 3.8) is 0 Å². The summed E-state index contributed by atoms with van der Waals surface area (Å²) >= 11 is 7.33. The summed E-state index contributed by atoms with van der Waals surface area (Å²) in [6.45, 7) is 1.23. The molecule has 2 rings (SSSR count). The molecule has 0 fully saturated rings. The zero-order chi connectivity index (χ0) is 14.7. The highest BCUT2D eigenvalue weighted by Crippen LogP contribution is 2.36. The van der Waals surface area contributed by atoms with Crippen LogP contribution in [0, 0.1) is 0 Å². The molecule has 106 valence electrons. The van der Waals surface area contributed by atoms with Crippen LogP contribution < -0.4 is 5.32 Å². The molecule has 0 spiro atoms. The van der Waals surface area contributed by atoms with Gasteiger partial charge in [-0.25, -0.2) is 4.79 Å². The summed E-state index contributed by atoms with van der Waals surface area (Å²) in [6, 6.07) is 3.56. The van der Waals surface area contributed by atoms with Crippen molar-refractivity contribution in [3.8, 4) is 0 Å². The van der Waals surface area contributed by atoms with Gasteiger partial charge < -0.3 is 10.2 Å². The van der Waals surface area contributed by atoms with E-state index in [1.54, 1.807) is 20.2 Å². The lowest BCUT2D eigenvalue weighted by Gasteiger charge is -2.15. The Labute approximate surface area is 127 Å². The molecule has 1 aromatic carbocycles. The number of hydrogen-bond donors (Lipinski definition) is 1. The average molecular weight is 311 g/mol. The Morgan fingerprint density at radius 3 is 2.85 bits per heavy atom. The zero-order valence-corrected chi connectivity index (χ0v) is 12.9. The quantitative estimate of drug-likeness (QED) is 0.639. The summed E-state index contributed by atoms with van der Waals surface area (Å²) < 4.78 is 0. The normalized spacial score (nSPS) is 14.2. The number of nitrogens with one attached hydrogen (secondary N) is 1. The van der Waals surface area contributed by atoms with E-state index >= 15 is 0 Å². The molecule has 0 atom stereocenters. The highest BCUT2D eigenvalue weighted by molar-refractivity contribution is 8.13. The molecule has 6 heteroatoms. The Morgan fingerprint density at radius 2 is 2.20 bits per heavy atom. The molecule has 0 aliphatic carbocycles. The number of halogens is 1. The van der Waals surface area contributed by atoms with Crippen LogP contribution in [0.2, 0.25) is 5.02 Å². The van der Waals surface area contributed by atoms with E-state index in [0.29, 0.717) is 17.1 Å². The second-order valence-corrected chi connectivity index (χ2v) is 6.04. The van der Waals surface area contributed by atoms with Gasteiger partial charge in [0.2, 0.25) is 0 Å². The van der Waals surface area contributed by atoms with Gasteiger partial charge in [0.1, 0.15) is 5.94 Å². The first-order chi connectivity index (χ1) is 9.54. The molecular weight excluding hydrogens is 296 g/mol. The lowest BCUT2D eigenvalue weighted by Crippen LogP contribution is -2.17. The van der Waals surface area contributed by atoms with Crippen molar-refractivity contribution in [2.45, 2.75) is 11.3 Å². The third-order valence-corrected chi connectivity index (χ3v) is 4.71. The van der Waals surface area contributed by atoms with Gasteiger partial charge in [-0.15, -0.1) is 0 Å². The van der Waals surface area contributed by atoms with Crippen molar-refractivity contribution in [2.24, 2.45) is 0 Å². The maximum atomic E-state index is 11.9. The summed E-state index contributed by atoms with van der Waals surface area (Å²) in [5, 5.41) is 3.62. The van der Waals surface area contributed by atoms with Crippen LogP contribution in [0.4, 0.5) is 4.79 Å². The van der Waals surface area contributed by atoms with E-state index in [9.17, 15) is 9.59 Å². The molecule has 1 N–H and O–H groups in total. The number of nitrogens with zero attached hydrogens (tertiary/aromatic N) is 1. The SMILES string of the molecule is CN(C)C(=O)Sc1c(Cl)ccc2c1CCNCC2=C=O. The van der Waals surface area contributed by atoms with Crippen LogP contribution in [0.15, 0.2) is 17.0 Å². The fraction of sp³-hybridized carbons (Fsp3) is 0.357. The maximum Gasteiger partial charge on any atom is 0.285 e. The van der Waals surface area contributed by atoms with Crippen LogP contribution in [-0.4, -0.2) is 43.3 Å². The number of carbonyl (C=O) groups excluding carboxylic acids is 2. The number of fused-ring (bicyclic) bond motifs is 1. The molecular formula is C14H15ClN2O2S. The smallest absolute Gasteiger partial charge is 0.285 e. The highest BCUT2D eigenvalue weighted by atomic mass is 35.5. The van der Waals surface area contributed by atoms with Gasteiger partial charge in [-0.3, -0.25) is 4.79 Å². The molecule has 0 bridgehead atoms. The van der Waals surface area contributed by atoms with E-state index in [2.05, 4.69) is 5.32 Å². The summed E-state index contributed by atoms with van der Waals surface area (Å²) in [5.74, 6) is 1.98. The molecule has 0 aromatic heterocycles. The molecule has 20 heavy (non-hydrogen) atoms. The Hall–Kier alpha value is -1.26. The number of amides is 1. The van der Waals surface area contributed by atoms with Gasteiger partial charge in [0.25, 0.3) is 5.24 Å². The van der Waals surface area contributed by atoms with Gasteiger partial charge in [0.05, 0.1) is 10.6 Å². The fourth-order valence-electron chi connectivity index (χ4n) is 2.03. The molecule has 0 saturated heterocycles. The molecule has 0 radical (unpaired) electrons. The number of thioether (sulfide) groups is 1. The predicted octanol–water partition coefficient (Wildman–Crippen LogP) is 2.47. The molecule has 0 saturated carbocycles. The molecule has 1 amide bonds. The van der Waals surface area contributed by atoms with Gasteiger partial charge in [0.15, 0.2) is 0 Å². The van der Waals surface area contributed by atoms with Gasteiger partial charge in [-0.1, -0.05) is 17.7 Å². The lowest BCUT2D eigenvalue weighted by atomic mass is 10.00. The molecule has 1 aliphatic rings. The van der Waals surface area contributed by atoms with Crippen molar-refractivity contribution >= 4 is 40.1 Å². The zero-order valence-electron chi connectivity index (χ0n) is 11.3. The Kier molecular flexibility index (Phi) is 4.89. The number of rotatable bonds is 1. The third-order valence-electron chi connectivity index (χ3n) is 3.07. The summed E-state index contributed by atoms with van der Waals surface area (Å²) in [7, 11) is 3.40. The lowest BCUT2D eigenvalue weighted by molar-refractivity contribution is 0.241. The van der Waals surface area contributed by atoms with E-state index in [1.165, 1.54) is 4.90 Å². The maximum absolute atomic E-state index is 11.9. The minimum Gasteiger partial charge on any atom is -0.339 e. The first kappa shape index (κ1) is 15.1. The molecule has 1 heterocycles. The Bertz CT molecular complexity index is 595. The van der Waals surface area contributed by atoms with Crippen molar-refractivity contribution in [1.82, 2.24) is 10.2 Å². The Morgan fingerprint density at radius 1 is 1.45 bits per heavy atom. The van der Waals surface area contributed by atoms with Crippen molar-refractivity contribution in [3.05, 3.63) is 28.3 Å². The topological polar surface area (TPSA) is 49.4 Å². The van der Waals surface area contributed by atoms with Crippen molar-refractivity contribution in [2.75, 3.05) is 27.2 Å². The van der Waals surface area contributed by atoms with Gasteiger partial charge in [-0.05, 0) is 41.9 Å². The fourth-order valence-corrected chi connectivity index (χ4v) is 3.18. The average Bonchev–Trinajstić information content (AvgIpc) is 2.63. The summed E-state index contributed by atoms with van der Waals surface area (Å²) in [6.07, 6.45) is 0.726. The number of benzene rings is 1. The van der Waals surface area contributed by atoms with Crippen molar-refractivity contribution < 1.29 is 9.59 Å². The minimum absolute atomic E-state index is 0.0888.